The fourth-order valence-corrected chi connectivity index (χ4v) is 2.22. The third-order valence-corrected chi connectivity index (χ3v) is 3.41. The third-order valence-electron chi connectivity index (χ3n) is 2.37. The molecule has 0 aliphatic heterocycles. The first-order valence-electron chi connectivity index (χ1n) is 5.05. The van der Waals surface area contributed by atoms with Crippen molar-refractivity contribution in [3.63, 3.8) is 0 Å². The molecule has 1 unspecified atom stereocenters. The fourth-order valence-electron chi connectivity index (χ4n) is 1.43. The van der Waals surface area contributed by atoms with E-state index in [1.165, 1.54) is 17.4 Å². The van der Waals surface area contributed by atoms with E-state index in [0.717, 1.165) is 16.3 Å². The third kappa shape index (κ3) is 3.03. The van der Waals surface area contributed by atoms with Crippen LogP contribution in [-0.4, -0.2) is 4.98 Å². The smallest absolute Gasteiger partial charge is 0.126 e. The van der Waals surface area contributed by atoms with Crippen molar-refractivity contribution in [1.29, 1.82) is 0 Å². The molecule has 2 rings (SSSR count). The zero-order valence-electron chi connectivity index (χ0n) is 9.61. The minimum Gasteiger partial charge on any atom is -0.322 e. The molecular formula is C12H14ClFN2S. The molecular weight excluding hydrogens is 259 g/mol. The van der Waals surface area contributed by atoms with E-state index in [-0.39, 0.29) is 24.3 Å². The quantitative estimate of drug-likeness (QED) is 0.905. The summed E-state index contributed by atoms with van der Waals surface area (Å²) in [6.07, 6.45) is 0. The molecule has 92 valence electrons. The molecule has 2 nitrogen and oxygen atoms in total. The van der Waals surface area contributed by atoms with Gasteiger partial charge in [0.05, 0.1) is 11.7 Å². The Morgan fingerprint density at radius 2 is 2.12 bits per heavy atom. The van der Waals surface area contributed by atoms with Gasteiger partial charge in [0.15, 0.2) is 0 Å². The van der Waals surface area contributed by atoms with Crippen molar-refractivity contribution in [1.82, 2.24) is 4.98 Å². The average molecular weight is 273 g/mol. The Labute approximate surface area is 110 Å². The van der Waals surface area contributed by atoms with Crippen molar-refractivity contribution in [3.05, 3.63) is 40.0 Å². The minimum absolute atomic E-state index is 0. The van der Waals surface area contributed by atoms with E-state index >= 15 is 0 Å². The Kier molecular flexibility index (Phi) is 4.62. The Balaban J connectivity index is 0.00000144. The van der Waals surface area contributed by atoms with Crippen LogP contribution >= 0.6 is 23.7 Å². The summed E-state index contributed by atoms with van der Waals surface area (Å²) in [6, 6.07) is 4.95. The first-order chi connectivity index (χ1) is 7.58. The van der Waals surface area contributed by atoms with Crippen molar-refractivity contribution in [2.24, 2.45) is 5.73 Å². The fraction of sp³-hybridized carbons (Fsp3) is 0.250. The van der Waals surface area contributed by atoms with E-state index in [1.807, 2.05) is 12.3 Å². The van der Waals surface area contributed by atoms with Crippen LogP contribution in [-0.2, 0) is 0 Å². The molecule has 0 aliphatic carbocycles. The summed E-state index contributed by atoms with van der Waals surface area (Å²) in [7, 11) is 0. The van der Waals surface area contributed by atoms with Crippen molar-refractivity contribution in [2.75, 3.05) is 0 Å². The standard InChI is InChI=1S/C12H13FN2S.ClH/c1-7-5-9(3-4-10(7)13)11-6-16-12(15-11)8(2)14;/h3-6,8H,14H2,1-2H3;1H. The molecule has 1 aromatic carbocycles. The topological polar surface area (TPSA) is 38.9 Å². The lowest BCUT2D eigenvalue weighted by Crippen LogP contribution is -2.03. The zero-order valence-corrected chi connectivity index (χ0v) is 11.2. The predicted octanol–water partition coefficient (Wildman–Crippen LogP) is 3.70. The Morgan fingerprint density at radius 3 is 2.65 bits per heavy atom. The number of halogens is 2. The van der Waals surface area contributed by atoms with E-state index in [2.05, 4.69) is 4.98 Å². The van der Waals surface area contributed by atoms with Gasteiger partial charge in [-0.05, 0) is 37.6 Å². The molecule has 2 N–H and O–H groups in total. The second-order valence-corrected chi connectivity index (χ2v) is 4.71. The number of hydrogen-bond donors (Lipinski definition) is 1. The van der Waals surface area contributed by atoms with Crippen molar-refractivity contribution >= 4 is 23.7 Å². The molecule has 1 heterocycles. The van der Waals surface area contributed by atoms with E-state index < -0.39 is 0 Å². The van der Waals surface area contributed by atoms with Crippen LogP contribution in [0, 0.1) is 12.7 Å². The lowest BCUT2D eigenvalue weighted by Gasteiger charge is -2.01. The van der Waals surface area contributed by atoms with Crippen LogP contribution in [0.2, 0.25) is 0 Å². The van der Waals surface area contributed by atoms with Crippen molar-refractivity contribution in [2.45, 2.75) is 19.9 Å². The van der Waals surface area contributed by atoms with Crippen LogP contribution in [0.4, 0.5) is 4.39 Å². The average Bonchev–Trinajstić information content (AvgIpc) is 2.71. The Hall–Kier alpha value is -0.970. The van der Waals surface area contributed by atoms with Gasteiger partial charge in [0.2, 0.25) is 0 Å². The monoisotopic (exact) mass is 272 g/mol. The summed E-state index contributed by atoms with van der Waals surface area (Å²) in [5, 5.41) is 2.85. The normalized spacial score (nSPS) is 12.0. The first-order valence-corrected chi connectivity index (χ1v) is 5.93. The summed E-state index contributed by atoms with van der Waals surface area (Å²) in [5.41, 5.74) is 8.17. The number of nitrogens with zero attached hydrogens (tertiary/aromatic N) is 1. The highest BCUT2D eigenvalue weighted by Gasteiger charge is 2.08. The second-order valence-electron chi connectivity index (χ2n) is 3.82. The van der Waals surface area contributed by atoms with Gasteiger partial charge in [0.25, 0.3) is 0 Å². The second kappa shape index (κ2) is 5.58. The lowest BCUT2D eigenvalue weighted by molar-refractivity contribution is 0.619. The van der Waals surface area contributed by atoms with Crippen LogP contribution in [0.5, 0.6) is 0 Å². The molecule has 2 aromatic rings. The molecule has 1 atom stereocenters. The molecule has 0 aliphatic rings. The highest BCUT2D eigenvalue weighted by molar-refractivity contribution is 7.10. The van der Waals surface area contributed by atoms with Crippen LogP contribution in [0.25, 0.3) is 11.3 Å². The maximum atomic E-state index is 13.1. The minimum atomic E-state index is -0.189. The number of aryl methyl sites for hydroxylation is 1. The Morgan fingerprint density at radius 1 is 1.41 bits per heavy atom. The number of aromatic nitrogens is 1. The lowest BCUT2D eigenvalue weighted by atomic mass is 10.1. The van der Waals surface area contributed by atoms with Crippen LogP contribution in [0.1, 0.15) is 23.5 Å². The molecule has 0 bridgehead atoms. The van der Waals surface area contributed by atoms with Gasteiger partial charge in [-0.15, -0.1) is 23.7 Å². The molecule has 0 radical (unpaired) electrons. The highest BCUT2D eigenvalue weighted by Crippen LogP contribution is 2.25. The summed E-state index contributed by atoms with van der Waals surface area (Å²) >= 11 is 1.53. The maximum Gasteiger partial charge on any atom is 0.126 e. The number of hydrogen-bond acceptors (Lipinski definition) is 3. The number of nitrogens with two attached hydrogens (primary N) is 1. The molecule has 5 heteroatoms. The van der Waals surface area contributed by atoms with Gasteiger partial charge in [-0.1, -0.05) is 0 Å². The molecule has 0 spiro atoms. The van der Waals surface area contributed by atoms with Crippen LogP contribution in [0.3, 0.4) is 0 Å². The molecule has 0 saturated heterocycles. The number of benzene rings is 1. The molecule has 0 saturated carbocycles. The van der Waals surface area contributed by atoms with Crippen LogP contribution < -0.4 is 5.73 Å². The summed E-state index contributed by atoms with van der Waals surface area (Å²) in [4.78, 5) is 4.42. The molecule has 0 fully saturated rings. The number of thiazole rings is 1. The molecule has 1 aromatic heterocycles. The SMILES string of the molecule is Cc1cc(-c2csc(C(C)N)n2)ccc1F.Cl. The van der Waals surface area contributed by atoms with Gasteiger partial charge in [0, 0.05) is 10.9 Å². The summed E-state index contributed by atoms with van der Waals surface area (Å²) in [5.74, 6) is -0.189. The Bertz CT molecular complexity index is 511. The van der Waals surface area contributed by atoms with Gasteiger partial charge in [-0.2, -0.15) is 0 Å². The van der Waals surface area contributed by atoms with Gasteiger partial charge < -0.3 is 5.73 Å². The van der Waals surface area contributed by atoms with Crippen molar-refractivity contribution in [3.8, 4) is 11.3 Å². The zero-order chi connectivity index (χ0) is 11.7. The van der Waals surface area contributed by atoms with E-state index in [1.54, 1.807) is 19.1 Å². The first kappa shape index (κ1) is 14.1. The largest absolute Gasteiger partial charge is 0.322 e. The van der Waals surface area contributed by atoms with Crippen LogP contribution in [0.15, 0.2) is 23.6 Å². The van der Waals surface area contributed by atoms with E-state index in [4.69, 9.17) is 5.73 Å². The van der Waals surface area contributed by atoms with Crippen molar-refractivity contribution < 1.29 is 4.39 Å². The summed E-state index contributed by atoms with van der Waals surface area (Å²) in [6.45, 7) is 3.65. The predicted molar refractivity (Wildman–Crippen MR) is 72.1 cm³/mol. The highest BCUT2D eigenvalue weighted by atomic mass is 35.5. The summed E-state index contributed by atoms with van der Waals surface area (Å²) < 4.78 is 13.1. The molecule has 17 heavy (non-hydrogen) atoms. The number of rotatable bonds is 2. The van der Waals surface area contributed by atoms with Gasteiger partial charge in [-0.3, -0.25) is 0 Å². The van der Waals surface area contributed by atoms with E-state index in [9.17, 15) is 4.39 Å². The molecule has 0 amide bonds. The van der Waals surface area contributed by atoms with E-state index in [0.29, 0.717) is 5.56 Å². The van der Waals surface area contributed by atoms with Gasteiger partial charge in [-0.25, -0.2) is 9.37 Å². The van der Waals surface area contributed by atoms with Gasteiger partial charge >= 0.3 is 0 Å². The van der Waals surface area contributed by atoms with Gasteiger partial charge in [0.1, 0.15) is 10.8 Å². The maximum absolute atomic E-state index is 13.1.